The fourth-order valence-electron chi connectivity index (χ4n) is 2.57. The Balaban J connectivity index is 2.30. The van der Waals surface area contributed by atoms with E-state index in [0.29, 0.717) is 35.6 Å². The van der Waals surface area contributed by atoms with Gasteiger partial charge in [0.2, 0.25) is 0 Å². The van der Waals surface area contributed by atoms with Crippen molar-refractivity contribution in [3.8, 4) is 0 Å². The van der Waals surface area contributed by atoms with Crippen LogP contribution in [0.5, 0.6) is 0 Å². The standard InChI is InChI=1S/C22H29ClO7S/c1-16(5-3-4-14-24)29-21(26)13-10-19(25)9-6-17(2)30-22(27)15-31(28)20-11-7-18(23)8-12-20/h7-8,10-14,16-17,19,25H,3-6,9,15H2,1-2H3/b13-10+/t16-,17-,19?,31?/m1/s1. The minimum Gasteiger partial charge on any atom is -0.462 e. The van der Waals surface area contributed by atoms with E-state index in [0.717, 1.165) is 12.4 Å². The van der Waals surface area contributed by atoms with Crippen molar-refractivity contribution in [3.05, 3.63) is 41.4 Å². The van der Waals surface area contributed by atoms with Crippen LogP contribution in [-0.4, -0.2) is 51.6 Å². The Hall–Kier alpha value is -2.03. The van der Waals surface area contributed by atoms with Crippen molar-refractivity contribution in [2.24, 2.45) is 0 Å². The van der Waals surface area contributed by atoms with E-state index in [1.54, 1.807) is 38.1 Å². The van der Waals surface area contributed by atoms with E-state index >= 15 is 0 Å². The van der Waals surface area contributed by atoms with Crippen LogP contribution in [0.1, 0.15) is 46.0 Å². The molecule has 0 bridgehead atoms. The Morgan fingerprint density at radius 1 is 1.10 bits per heavy atom. The number of esters is 2. The average molecular weight is 473 g/mol. The lowest BCUT2D eigenvalue weighted by atomic mass is 10.1. The first-order valence-corrected chi connectivity index (χ1v) is 11.7. The SMILES string of the molecule is C[C@H](CCCC=O)OC(=O)/C=C/C(O)CC[C@@H](C)OC(=O)CS(=O)c1ccc(Cl)cc1. The van der Waals surface area contributed by atoms with Crippen molar-refractivity contribution >= 4 is 40.6 Å². The minimum absolute atomic E-state index is 0.271. The Morgan fingerprint density at radius 2 is 1.74 bits per heavy atom. The molecular weight excluding hydrogens is 444 g/mol. The van der Waals surface area contributed by atoms with E-state index in [1.165, 1.54) is 6.08 Å². The van der Waals surface area contributed by atoms with Gasteiger partial charge >= 0.3 is 11.9 Å². The predicted octanol–water partition coefficient (Wildman–Crippen LogP) is 3.38. The minimum atomic E-state index is -1.53. The first-order valence-electron chi connectivity index (χ1n) is 10.0. The number of hydrogen-bond donors (Lipinski definition) is 1. The highest BCUT2D eigenvalue weighted by atomic mass is 35.5. The molecule has 1 N–H and O–H groups in total. The molecule has 172 valence electrons. The molecule has 0 aliphatic carbocycles. The Labute approximate surface area is 190 Å². The van der Waals surface area contributed by atoms with Gasteiger partial charge in [0.15, 0.2) is 0 Å². The van der Waals surface area contributed by atoms with Crippen molar-refractivity contribution in [3.63, 3.8) is 0 Å². The number of rotatable bonds is 14. The normalized spacial score (nSPS) is 15.1. The molecule has 0 aliphatic rings. The number of aliphatic hydroxyl groups is 1. The summed E-state index contributed by atoms with van der Waals surface area (Å²) < 4.78 is 22.6. The number of hydrogen-bond acceptors (Lipinski definition) is 7. The topological polar surface area (TPSA) is 107 Å². The zero-order chi connectivity index (χ0) is 23.2. The number of aldehydes is 1. The lowest BCUT2D eigenvalue weighted by Crippen LogP contribution is -2.21. The number of ether oxygens (including phenoxy) is 2. The molecule has 0 spiro atoms. The van der Waals surface area contributed by atoms with Crippen LogP contribution in [0.25, 0.3) is 0 Å². The molecule has 31 heavy (non-hydrogen) atoms. The van der Waals surface area contributed by atoms with Gasteiger partial charge < -0.3 is 19.4 Å². The van der Waals surface area contributed by atoms with Crippen LogP contribution < -0.4 is 0 Å². The number of halogens is 1. The zero-order valence-electron chi connectivity index (χ0n) is 17.7. The van der Waals surface area contributed by atoms with Crippen LogP contribution in [0.15, 0.2) is 41.3 Å². The van der Waals surface area contributed by atoms with E-state index in [2.05, 4.69) is 0 Å². The van der Waals surface area contributed by atoms with Gasteiger partial charge in [-0.15, -0.1) is 0 Å². The predicted molar refractivity (Wildman–Crippen MR) is 118 cm³/mol. The second-order valence-corrected chi connectivity index (χ2v) is 8.98. The molecular formula is C22H29ClO7S. The van der Waals surface area contributed by atoms with Crippen molar-refractivity contribution in [1.82, 2.24) is 0 Å². The van der Waals surface area contributed by atoms with Gasteiger partial charge in [0.1, 0.15) is 12.0 Å². The van der Waals surface area contributed by atoms with Gasteiger partial charge in [-0.05, 0) is 69.9 Å². The maximum Gasteiger partial charge on any atom is 0.330 e. The van der Waals surface area contributed by atoms with Crippen LogP contribution in [-0.2, 0) is 34.7 Å². The van der Waals surface area contributed by atoms with Gasteiger partial charge in [0.05, 0.1) is 29.1 Å². The molecule has 1 aromatic rings. The van der Waals surface area contributed by atoms with Crippen molar-refractivity contribution in [2.45, 2.75) is 69.2 Å². The maximum absolute atomic E-state index is 12.2. The zero-order valence-corrected chi connectivity index (χ0v) is 19.3. The molecule has 9 heteroatoms. The molecule has 0 radical (unpaired) electrons. The quantitative estimate of drug-likeness (QED) is 0.191. The second-order valence-electron chi connectivity index (χ2n) is 7.09. The lowest BCUT2D eigenvalue weighted by Gasteiger charge is -2.14. The Kier molecular flexibility index (Phi) is 13.0. The summed E-state index contributed by atoms with van der Waals surface area (Å²) in [4.78, 5) is 34.4. The van der Waals surface area contributed by atoms with Crippen LogP contribution in [0.2, 0.25) is 5.02 Å². The summed E-state index contributed by atoms with van der Waals surface area (Å²) >= 11 is 5.78. The number of benzene rings is 1. The van der Waals surface area contributed by atoms with E-state index in [9.17, 15) is 23.7 Å². The van der Waals surface area contributed by atoms with Crippen molar-refractivity contribution in [1.29, 1.82) is 0 Å². The first-order chi connectivity index (χ1) is 14.7. The molecule has 0 saturated carbocycles. The number of aliphatic hydroxyl groups excluding tert-OH is 1. The highest BCUT2D eigenvalue weighted by molar-refractivity contribution is 7.85. The summed E-state index contributed by atoms with van der Waals surface area (Å²) in [7, 11) is -1.53. The summed E-state index contributed by atoms with van der Waals surface area (Å²) in [5.74, 6) is -1.44. The van der Waals surface area contributed by atoms with Gasteiger partial charge in [-0.3, -0.25) is 9.00 Å². The third kappa shape index (κ3) is 12.4. The molecule has 2 unspecified atom stereocenters. The highest BCUT2D eigenvalue weighted by Crippen LogP contribution is 2.14. The van der Waals surface area contributed by atoms with Crippen molar-refractivity contribution in [2.75, 3.05) is 5.75 Å². The van der Waals surface area contributed by atoms with Gasteiger partial charge in [-0.1, -0.05) is 11.6 Å². The molecule has 4 atom stereocenters. The molecule has 0 amide bonds. The Morgan fingerprint density at radius 3 is 2.39 bits per heavy atom. The summed E-state index contributed by atoms with van der Waals surface area (Å²) in [6.45, 7) is 3.41. The largest absolute Gasteiger partial charge is 0.462 e. The molecule has 7 nitrogen and oxygen atoms in total. The van der Waals surface area contributed by atoms with Crippen molar-refractivity contribution < 1.29 is 33.2 Å². The molecule has 0 heterocycles. The summed E-state index contributed by atoms with van der Waals surface area (Å²) in [5.41, 5.74) is 0. The van der Waals surface area contributed by atoms with Gasteiger partial charge in [-0.2, -0.15) is 0 Å². The van der Waals surface area contributed by atoms with E-state index in [1.807, 2.05) is 0 Å². The third-order valence-corrected chi connectivity index (χ3v) is 5.78. The molecule has 1 rings (SSSR count). The maximum atomic E-state index is 12.2. The second kappa shape index (κ2) is 14.9. The monoisotopic (exact) mass is 472 g/mol. The molecule has 0 saturated heterocycles. The van der Waals surface area contributed by atoms with E-state index in [4.69, 9.17) is 21.1 Å². The molecule has 0 fully saturated rings. The average Bonchev–Trinajstić information content (AvgIpc) is 2.71. The first kappa shape index (κ1) is 27.0. The summed E-state index contributed by atoms with van der Waals surface area (Å²) in [6, 6.07) is 6.38. The fraction of sp³-hybridized carbons (Fsp3) is 0.500. The van der Waals surface area contributed by atoms with Gasteiger partial charge in [0.25, 0.3) is 0 Å². The Bertz CT molecular complexity index is 764. The molecule has 0 aliphatic heterocycles. The highest BCUT2D eigenvalue weighted by Gasteiger charge is 2.16. The molecule has 0 aromatic heterocycles. The molecule has 1 aromatic carbocycles. The van der Waals surface area contributed by atoms with E-state index in [-0.39, 0.29) is 18.3 Å². The summed E-state index contributed by atoms with van der Waals surface area (Å²) in [5, 5.41) is 10.5. The van der Waals surface area contributed by atoms with Gasteiger partial charge in [0, 0.05) is 22.4 Å². The smallest absolute Gasteiger partial charge is 0.330 e. The number of carbonyl (C=O) groups is 3. The lowest BCUT2D eigenvalue weighted by molar-refractivity contribution is -0.145. The van der Waals surface area contributed by atoms with Crippen LogP contribution >= 0.6 is 11.6 Å². The fourth-order valence-corrected chi connectivity index (χ4v) is 3.58. The third-order valence-electron chi connectivity index (χ3n) is 4.23. The van der Waals surface area contributed by atoms with Crippen LogP contribution in [0.4, 0.5) is 0 Å². The van der Waals surface area contributed by atoms with E-state index < -0.39 is 34.9 Å². The summed E-state index contributed by atoms with van der Waals surface area (Å²) in [6.07, 6.45) is 3.91. The van der Waals surface area contributed by atoms with Crippen LogP contribution in [0.3, 0.4) is 0 Å². The number of carbonyl (C=O) groups excluding carboxylic acids is 3. The van der Waals surface area contributed by atoms with Crippen LogP contribution in [0, 0.1) is 0 Å². The van der Waals surface area contributed by atoms with Gasteiger partial charge in [-0.25, -0.2) is 4.79 Å². The number of unbranched alkanes of at least 4 members (excludes halogenated alkanes) is 1.